The van der Waals surface area contributed by atoms with Gasteiger partial charge in [0.15, 0.2) is 12.4 Å². The van der Waals surface area contributed by atoms with E-state index in [-0.39, 0.29) is 11.6 Å². The third-order valence-electron chi connectivity index (χ3n) is 5.80. The second-order valence-electron chi connectivity index (χ2n) is 9.11. The summed E-state index contributed by atoms with van der Waals surface area (Å²) < 4.78 is 14.3. The van der Waals surface area contributed by atoms with Gasteiger partial charge in [0.2, 0.25) is 11.7 Å². The lowest BCUT2D eigenvalue weighted by Crippen LogP contribution is -2.56. The van der Waals surface area contributed by atoms with E-state index in [1.54, 1.807) is 38.1 Å². The molecule has 1 heterocycles. The highest BCUT2D eigenvalue weighted by atomic mass is 16.6. The van der Waals surface area contributed by atoms with E-state index < -0.39 is 66.5 Å². The number of nitrogens with one attached hydrogen (secondary N) is 3. The maximum absolute atomic E-state index is 13.0. The predicted octanol–water partition coefficient (Wildman–Crippen LogP) is 1.30. The van der Waals surface area contributed by atoms with Crippen molar-refractivity contribution in [2.24, 2.45) is 5.92 Å². The maximum Gasteiger partial charge on any atom is 0.377 e. The molecule has 14 heteroatoms. The summed E-state index contributed by atoms with van der Waals surface area (Å²) in [5.74, 6) is -7.16. The van der Waals surface area contributed by atoms with Crippen molar-refractivity contribution >= 4 is 51.9 Å². The number of aromatic nitrogens is 1. The lowest BCUT2D eigenvalue weighted by Gasteiger charge is -2.24. The van der Waals surface area contributed by atoms with Crippen LogP contribution in [0.2, 0.25) is 0 Å². The number of nitrogens with zero attached hydrogens (tertiary/aromatic N) is 1. The molecule has 14 nitrogen and oxygen atoms in total. The summed E-state index contributed by atoms with van der Waals surface area (Å²) in [5, 5.41) is 21.4. The summed E-state index contributed by atoms with van der Waals surface area (Å²) in [5.41, 5.74) is 0.395. The Balaban J connectivity index is 1.65. The van der Waals surface area contributed by atoms with Gasteiger partial charge in [0.05, 0.1) is 19.6 Å². The molecule has 0 saturated carbocycles. The van der Waals surface area contributed by atoms with E-state index in [2.05, 4.69) is 25.8 Å². The van der Waals surface area contributed by atoms with Crippen molar-refractivity contribution in [2.75, 3.05) is 19.0 Å². The van der Waals surface area contributed by atoms with Crippen LogP contribution in [-0.2, 0) is 28.7 Å². The summed E-state index contributed by atoms with van der Waals surface area (Å²) in [4.78, 5) is 73.9. The lowest BCUT2D eigenvalue weighted by atomic mass is 10.0. The molecule has 2 aromatic carbocycles. The Morgan fingerprint density at radius 3 is 2.37 bits per heavy atom. The maximum atomic E-state index is 13.0. The largest absolute Gasteiger partial charge is 0.481 e. The fraction of sp³-hybridized carbons (Fsp3) is 0.296. The predicted molar refractivity (Wildman–Crippen MR) is 142 cm³/mol. The van der Waals surface area contributed by atoms with Gasteiger partial charge in [-0.05, 0) is 22.5 Å². The highest BCUT2D eigenvalue weighted by molar-refractivity contribution is 6.40. The molecule has 0 radical (unpaired) electrons. The van der Waals surface area contributed by atoms with Gasteiger partial charge in [-0.2, -0.15) is 0 Å². The second kappa shape index (κ2) is 13.7. The van der Waals surface area contributed by atoms with E-state index in [0.717, 1.165) is 18.6 Å². The van der Waals surface area contributed by atoms with Gasteiger partial charge in [-0.25, -0.2) is 4.79 Å². The van der Waals surface area contributed by atoms with Gasteiger partial charge in [-0.3, -0.25) is 24.0 Å². The topological polar surface area (TPSA) is 203 Å². The molecular weight excluding hydrogens is 540 g/mol. The van der Waals surface area contributed by atoms with E-state index in [1.165, 1.54) is 0 Å². The van der Waals surface area contributed by atoms with Crippen molar-refractivity contribution in [1.82, 2.24) is 15.8 Å². The number of carbonyl (C=O) groups excluding carboxylic acids is 5. The molecule has 2 atom stereocenters. The van der Waals surface area contributed by atoms with Crippen LogP contribution in [0.1, 0.15) is 30.8 Å². The van der Waals surface area contributed by atoms with Crippen molar-refractivity contribution < 1.29 is 47.9 Å². The number of hydrogen-bond acceptors (Lipinski definition) is 10. The van der Waals surface area contributed by atoms with E-state index in [0.29, 0.717) is 11.1 Å². The molecule has 0 saturated heterocycles. The van der Waals surface area contributed by atoms with Gasteiger partial charge in [-0.1, -0.05) is 50.2 Å². The molecule has 0 aliphatic carbocycles. The number of rotatable bonds is 12. The molecule has 0 fully saturated rings. The molecule has 0 spiro atoms. The Kier molecular flexibility index (Phi) is 10.1. The number of carbonyl (C=O) groups is 6. The number of amides is 3. The molecule has 0 bridgehead atoms. The first-order valence-corrected chi connectivity index (χ1v) is 12.3. The van der Waals surface area contributed by atoms with Crippen LogP contribution >= 0.6 is 0 Å². The Labute approximate surface area is 233 Å². The zero-order valence-electron chi connectivity index (χ0n) is 22.3. The summed E-state index contributed by atoms with van der Waals surface area (Å²) in [6.45, 7) is 2.46. The first-order valence-electron chi connectivity index (χ1n) is 12.3. The number of ether oxygens (including phenoxy) is 2. The van der Waals surface area contributed by atoms with Crippen molar-refractivity contribution in [3.63, 3.8) is 0 Å². The van der Waals surface area contributed by atoms with Crippen LogP contribution in [0.15, 0.2) is 53.1 Å². The SMILES string of the molecule is COC(=O)c1cc(OCC(=O)[C@H](CC(=O)O)NC(=O)[C@@H](NC(=O)C(=O)Nc2cccc3ccccc23)C(C)C)no1. The summed E-state index contributed by atoms with van der Waals surface area (Å²) in [6.07, 6.45) is -0.791. The number of anilines is 1. The van der Waals surface area contributed by atoms with Gasteiger partial charge in [0, 0.05) is 11.1 Å². The first kappa shape index (κ1) is 30.3. The number of esters is 1. The number of carboxylic acid groups (broad SMARTS) is 1. The zero-order chi connectivity index (χ0) is 30.1. The summed E-state index contributed by atoms with van der Waals surface area (Å²) >= 11 is 0. The van der Waals surface area contributed by atoms with Crippen LogP contribution in [0.5, 0.6) is 5.88 Å². The van der Waals surface area contributed by atoms with Crippen molar-refractivity contribution in [3.8, 4) is 5.88 Å². The van der Waals surface area contributed by atoms with Crippen molar-refractivity contribution in [2.45, 2.75) is 32.4 Å². The van der Waals surface area contributed by atoms with Crippen LogP contribution in [0.4, 0.5) is 5.69 Å². The zero-order valence-corrected chi connectivity index (χ0v) is 22.3. The smallest absolute Gasteiger partial charge is 0.377 e. The molecule has 4 N–H and O–H groups in total. The molecule has 3 aromatic rings. The Morgan fingerprint density at radius 2 is 1.68 bits per heavy atom. The standard InChI is InChI=1S/C27H28N4O10/c1-14(2)23(30-26(37)25(36)28-17-10-6-8-15-7-4-5-9-16(15)17)24(35)29-18(11-22(33)34)19(32)13-40-21-12-20(41-31-21)27(38)39-3/h4-10,12,14,18,23H,11,13H2,1-3H3,(H,28,36)(H,29,35)(H,30,37)(H,33,34)/t18-,23-/m0/s1. The van der Waals surface area contributed by atoms with Gasteiger partial charge >= 0.3 is 23.8 Å². The number of fused-ring (bicyclic) bond motifs is 1. The minimum Gasteiger partial charge on any atom is -0.481 e. The summed E-state index contributed by atoms with van der Waals surface area (Å²) in [6, 6.07) is 10.6. The minimum absolute atomic E-state index is 0.247. The van der Waals surface area contributed by atoms with Gasteiger partial charge in [0.1, 0.15) is 12.1 Å². The molecule has 0 aliphatic heterocycles. The average molecular weight is 569 g/mol. The molecule has 0 unspecified atom stereocenters. The number of benzene rings is 2. The first-order chi connectivity index (χ1) is 19.5. The van der Waals surface area contributed by atoms with Crippen LogP contribution in [0.3, 0.4) is 0 Å². The highest BCUT2D eigenvalue weighted by Gasteiger charge is 2.32. The van der Waals surface area contributed by atoms with Crippen LogP contribution in [0, 0.1) is 5.92 Å². The molecule has 41 heavy (non-hydrogen) atoms. The second-order valence-corrected chi connectivity index (χ2v) is 9.11. The molecule has 0 aliphatic rings. The van der Waals surface area contributed by atoms with E-state index in [1.807, 2.05) is 18.2 Å². The van der Waals surface area contributed by atoms with Gasteiger partial charge < -0.3 is 35.1 Å². The van der Waals surface area contributed by atoms with Crippen LogP contribution in [0.25, 0.3) is 10.8 Å². The number of methoxy groups -OCH3 is 1. The van der Waals surface area contributed by atoms with E-state index in [4.69, 9.17) is 9.26 Å². The quantitative estimate of drug-likeness (QED) is 0.181. The normalized spacial score (nSPS) is 12.2. The molecule has 216 valence electrons. The average Bonchev–Trinajstić information content (AvgIpc) is 3.42. The minimum atomic E-state index is -1.55. The fourth-order valence-corrected chi connectivity index (χ4v) is 3.71. The molecule has 3 rings (SSSR count). The number of carboxylic acids is 1. The van der Waals surface area contributed by atoms with Crippen LogP contribution < -0.4 is 20.7 Å². The van der Waals surface area contributed by atoms with E-state index >= 15 is 0 Å². The van der Waals surface area contributed by atoms with Crippen molar-refractivity contribution in [1.29, 1.82) is 0 Å². The Hall–Kier alpha value is -5.27. The monoisotopic (exact) mass is 568 g/mol. The number of Topliss-reactive ketones (excluding diaryl/α,β-unsaturated/α-hetero) is 1. The molecular formula is C27H28N4O10. The lowest BCUT2D eigenvalue weighted by molar-refractivity contribution is -0.141. The Morgan fingerprint density at radius 1 is 0.976 bits per heavy atom. The third-order valence-corrected chi connectivity index (χ3v) is 5.80. The molecule has 1 aromatic heterocycles. The van der Waals surface area contributed by atoms with Crippen LogP contribution in [-0.4, -0.2) is 71.5 Å². The number of aliphatic carboxylic acids is 1. The van der Waals surface area contributed by atoms with E-state index in [9.17, 15) is 33.9 Å². The van der Waals surface area contributed by atoms with Crippen molar-refractivity contribution in [3.05, 3.63) is 54.3 Å². The number of ketones is 1. The highest BCUT2D eigenvalue weighted by Crippen LogP contribution is 2.22. The van der Waals surface area contributed by atoms with Gasteiger partial charge in [-0.15, -0.1) is 0 Å². The fourth-order valence-electron chi connectivity index (χ4n) is 3.71. The summed E-state index contributed by atoms with van der Waals surface area (Å²) in [7, 11) is 1.12. The third kappa shape index (κ3) is 8.11. The molecule has 3 amide bonds. The number of hydrogen-bond donors (Lipinski definition) is 4. The van der Waals surface area contributed by atoms with Gasteiger partial charge in [0.25, 0.3) is 5.88 Å². The Bertz CT molecular complexity index is 1460.